The zero-order valence-electron chi connectivity index (χ0n) is 16.0. The number of aliphatic hydroxyl groups is 1. The fourth-order valence-electron chi connectivity index (χ4n) is 4.06. The molecule has 29 heavy (non-hydrogen) atoms. The van der Waals surface area contributed by atoms with Gasteiger partial charge in [-0.2, -0.15) is 13.2 Å². The Labute approximate surface area is 167 Å². The van der Waals surface area contributed by atoms with E-state index in [0.717, 1.165) is 31.0 Å². The summed E-state index contributed by atoms with van der Waals surface area (Å²) in [4.78, 5) is 26.4. The van der Waals surface area contributed by atoms with Gasteiger partial charge in [0.2, 0.25) is 5.91 Å². The molecular formula is C20H26F3N3O3. The Morgan fingerprint density at radius 3 is 2.55 bits per heavy atom. The van der Waals surface area contributed by atoms with Crippen LogP contribution >= 0.6 is 0 Å². The Hall–Kier alpha value is -2.13. The van der Waals surface area contributed by atoms with Crippen molar-refractivity contribution < 1.29 is 27.9 Å². The van der Waals surface area contributed by atoms with E-state index in [0.29, 0.717) is 19.1 Å². The quantitative estimate of drug-likeness (QED) is 0.689. The molecule has 6 nitrogen and oxygen atoms in total. The highest BCUT2D eigenvalue weighted by Gasteiger charge is 2.36. The number of carbonyl (C=O) groups is 2. The Kier molecular flexibility index (Phi) is 6.79. The first-order valence-electron chi connectivity index (χ1n) is 9.91. The van der Waals surface area contributed by atoms with Gasteiger partial charge in [0.05, 0.1) is 24.3 Å². The first kappa shape index (κ1) is 21.6. The summed E-state index contributed by atoms with van der Waals surface area (Å²) in [5.41, 5.74) is -1.09. The number of likely N-dealkylation sites (tertiary alicyclic amines) is 1. The fourth-order valence-corrected chi connectivity index (χ4v) is 4.06. The first-order chi connectivity index (χ1) is 13.7. The molecule has 160 valence electrons. The highest BCUT2D eigenvalue weighted by molar-refractivity contribution is 5.96. The van der Waals surface area contributed by atoms with Crippen molar-refractivity contribution in [1.29, 1.82) is 0 Å². The molecule has 2 fully saturated rings. The summed E-state index contributed by atoms with van der Waals surface area (Å²) in [6.45, 7) is 0.688. The molecule has 0 radical (unpaired) electrons. The average Bonchev–Trinajstić information content (AvgIpc) is 3.06. The van der Waals surface area contributed by atoms with Gasteiger partial charge in [-0.05, 0) is 31.0 Å². The number of hydrogen-bond acceptors (Lipinski definition) is 4. The van der Waals surface area contributed by atoms with Crippen LogP contribution in [-0.2, 0) is 11.0 Å². The number of halogens is 3. The Morgan fingerprint density at radius 1 is 1.14 bits per heavy atom. The highest BCUT2D eigenvalue weighted by atomic mass is 19.4. The summed E-state index contributed by atoms with van der Waals surface area (Å²) < 4.78 is 38.3. The molecule has 2 atom stereocenters. The largest absolute Gasteiger partial charge is 0.416 e. The number of rotatable bonds is 5. The van der Waals surface area contributed by atoms with Crippen LogP contribution in [0.25, 0.3) is 0 Å². The molecule has 1 aromatic rings. The van der Waals surface area contributed by atoms with Gasteiger partial charge in [-0.1, -0.05) is 25.3 Å². The SMILES string of the molecule is O=C(CNC(=O)c1cccc(C(F)(F)F)c1)NC1CN(C2CCCCC2)C[C@@H]1O. The normalized spacial score (nSPS) is 23.7. The smallest absolute Gasteiger partial charge is 0.390 e. The lowest BCUT2D eigenvalue weighted by atomic mass is 9.94. The van der Waals surface area contributed by atoms with Gasteiger partial charge in [0.15, 0.2) is 0 Å². The van der Waals surface area contributed by atoms with Crippen LogP contribution in [0.2, 0.25) is 0 Å². The molecule has 1 aromatic carbocycles. The third kappa shape index (κ3) is 5.70. The maximum atomic E-state index is 12.8. The summed E-state index contributed by atoms with van der Waals surface area (Å²) in [7, 11) is 0. The van der Waals surface area contributed by atoms with Gasteiger partial charge in [0, 0.05) is 24.7 Å². The number of aliphatic hydroxyl groups excluding tert-OH is 1. The second-order valence-electron chi connectivity index (χ2n) is 7.75. The molecule has 3 N–H and O–H groups in total. The minimum atomic E-state index is -4.55. The molecule has 9 heteroatoms. The fraction of sp³-hybridized carbons (Fsp3) is 0.600. The van der Waals surface area contributed by atoms with Crippen LogP contribution in [0, 0.1) is 0 Å². The van der Waals surface area contributed by atoms with Gasteiger partial charge in [-0.25, -0.2) is 0 Å². The van der Waals surface area contributed by atoms with E-state index in [-0.39, 0.29) is 12.1 Å². The molecule has 2 aliphatic rings. The van der Waals surface area contributed by atoms with Crippen LogP contribution in [0.15, 0.2) is 24.3 Å². The lowest BCUT2D eigenvalue weighted by Gasteiger charge is -2.30. The number of benzene rings is 1. The van der Waals surface area contributed by atoms with Crippen LogP contribution in [0.1, 0.15) is 48.0 Å². The summed E-state index contributed by atoms with van der Waals surface area (Å²) in [6.07, 6.45) is 0.557. The Bertz CT molecular complexity index is 735. The summed E-state index contributed by atoms with van der Waals surface area (Å²) in [5, 5.41) is 15.3. The van der Waals surface area contributed by atoms with Crippen molar-refractivity contribution in [2.45, 2.75) is 56.5 Å². The lowest BCUT2D eigenvalue weighted by molar-refractivity contribution is -0.137. The third-order valence-corrected chi connectivity index (χ3v) is 5.62. The molecular weight excluding hydrogens is 387 g/mol. The van der Waals surface area contributed by atoms with E-state index in [1.165, 1.54) is 25.3 Å². The van der Waals surface area contributed by atoms with Gasteiger partial charge in [-0.15, -0.1) is 0 Å². The maximum absolute atomic E-state index is 12.8. The van der Waals surface area contributed by atoms with Crippen molar-refractivity contribution >= 4 is 11.8 Å². The number of carbonyl (C=O) groups excluding carboxylic acids is 2. The minimum absolute atomic E-state index is 0.169. The van der Waals surface area contributed by atoms with Crippen molar-refractivity contribution in [2.24, 2.45) is 0 Å². The summed E-state index contributed by atoms with van der Waals surface area (Å²) in [5.74, 6) is -1.25. The van der Waals surface area contributed by atoms with Gasteiger partial charge < -0.3 is 15.7 Å². The predicted molar refractivity (Wildman–Crippen MR) is 100 cm³/mol. The number of hydrogen-bond donors (Lipinski definition) is 3. The molecule has 1 saturated carbocycles. The molecule has 3 rings (SSSR count). The van der Waals surface area contributed by atoms with E-state index in [9.17, 15) is 27.9 Å². The standard InChI is InChI=1S/C20H26F3N3O3/c21-20(22,23)14-6-4-5-13(9-14)19(29)24-10-18(28)25-16-11-26(12-17(16)27)15-7-2-1-3-8-15/h4-6,9,15-17,27H,1-3,7-8,10-12H2,(H,24,29)(H,25,28)/t16?,17-/m0/s1. The molecule has 0 bridgehead atoms. The van der Waals surface area contributed by atoms with Crippen molar-refractivity contribution in [3.05, 3.63) is 35.4 Å². The van der Waals surface area contributed by atoms with Crippen molar-refractivity contribution in [2.75, 3.05) is 19.6 Å². The second-order valence-corrected chi connectivity index (χ2v) is 7.75. The molecule has 0 aromatic heterocycles. The van der Waals surface area contributed by atoms with Crippen molar-refractivity contribution in [1.82, 2.24) is 15.5 Å². The molecule has 1 aliphatic carbocycles. The maximum Gasteiger partial charge on any atom is 0.416 e. The van der Waals surface area contributed by atoms with Gasteiger partial charge in [0.1, 0.15) is 0 Å². The van der Waals surface area contributed by atoms with E-state index >= 15 is 0 Å². The van der Waals surface area contributed by atoms with Crippen LogP contribution < -0.4 is 10.6 Å². The second kappa shape index (κ2) is 9.13. The zero-order valence-corrected chi connectivity index (χ0v) is 16.0. The van der Waals surface area contributed by atoms with Crippen molar-refractivity contribution in [3.8, 4) is 0 Å². The number of amides is 2. The topological polar surface area (TPSA) is 81.7 Å². The van der Waals surface area contributed by atoms with E-state index < -0.39 is 35.7 Å². The minimum Gasteiger partial charge on any atom is -0.390 e. The van der Waals surface area contributed by atoms with Crippen LogP contribution in [0.5, 0.6) is 0 Å². The van der Waals surface area contributed by atoms with Crippen LogP contribution in [-0.4, -0.2) is 59.6 Å². The molecule has 1 unspecified atom stereocenters. The van der Waals surface area contributed by atoms with E-state index in [4.69, 9.17) is 0 Å². The first-order valence-corrected chi connectivity index (χ1v) is 9.91. The monoisotopic (exact) mass is 413 g/mol. The van der Waals surface area contributed by atoms with Gasteiger partial charge >= 0.3 is 6.18 Å². The zero-order chi connectivity index (χ0) is 21.0. The van der Waals surface area contributed by atoms with E-state index in [1.54, 1.807) is 0 Å². The molecule has 1 saturated heterocycles. The van der Waals surface area contributed by atoms with Crippen LogP contribution in [0.3, 0.4) is 0 Å². The Morgan fingerprint density at radius 2 is 1.86 bits per heavy atom. The van der Waals surface area contributed by atoms with Crippen LogP contribution in [0.4, 0.5) is 13.2 Å². The summed E-state index contributed by atoms with van der Waals surface area (Å²) in [6, 6.07) is 4.03. The third-order valence-electron chi connectivity index (χ3n) is 5.62. The average molecular weight is 413 g/mol. The molecule has 1 aliphatic heterocycles. The molecule has 2 amide bonds. The predicted octanol–water partition coefficient (Wildman–Crippen LogP) is 1.93. The van der Waals surface area contributed by atoms with E-state index in [1.807, 2.05) is 0 Å². The Balaban J connectivity index is 1.48. The molecule has 1 heterocycles. The number of β-amino-alcohol motifs (C(OH)–C–C–N with tert-alkyl or cyclic N) is 1. The number of nitrogens with zero attached hydrogens (tertiary/aromatic N) is 1. The number of alkyl halides is 3. The van der Waals surface area contributed by atoms with Gasteiger partial charge in [-0.3, -0.25) is 14.5 Å². The summed E-state index contributed by atoms with van der Waals surface area (Å²) >= 11 is 0. The number of nitrogens with one attached hydrogen (secondary N) is 2. The lowest BCUT2D eigenvalue weighted by Crippen LogP contribution is -2.47. The van der Waals surface area contributed by atoms with Gasteiger partial charge in [0.25, 0.3) is 5.91 Å². The highest BCUT2D eigenvalue weighted by Crippen LogP contribution is 2.29. The van der Waals surface area contributed by atoms with E-state index in [2.05, 4.69) is 15.5 Å². The molecule has 0 spiro atoms. The van der Waals surface area contributed by atoms with Crippen molar-refractivity contribution in [3.63, 3.8) is 0 Å².